The lowest BCUT2D eigenvalue weighted by atomic mass is 10.1. The number of aromatic nitrogens is 2. The van der Waals surface area contributed by atoms with Gasteiger partial charge >= 0.3 is 0 Å². The lowest BCUT2D eigenvalue weighted by Crippen LogP contribution is -2.31. The quantitative estimate of drug-likeness (QED) is 0.368. The molecule has 0 aliphatic carbocycles. The Labute approximate surface area is 170 Å². The molecule has 1 amide bonds. The van der Waals surface area contributed by atoms with Crippen molar-refractivity contribution < 1.29 is 4.79 Å². The molecule has 0 bridgehead atoms. The largest absolute Gasteiger partial charge is 0.357 e. The van der Waals surface area contributed by atoms with Crippen LogP contribution in [0.5, 0.6) is 0 Å². The van der Waals surface area contributed by atoms with Crippen LogP contribution in [0.25, 0.3) is 0 Å². The topological polar surface area (TPSA) is 58.1 Å². The standard InChI is InChI=1S/C20H27ClN4OS/c1-5-14(4)22-19(26)16-10-8-15(9-11-16)13-27-20-23-17(21)12-18(24-20)25(6-2)7-3/h8-12,14H,5-7,13H2,1-4H3,(H,22,26)/t14-/m1/s1. The van der Waals surface area contributed by atoms with Gasteiger partial charge in [-0.15, -0.1) is 0 Å². The van der Waals surface area contributed by atoms with E-state index in [1.807, 2.05) is 31.2 Å². The van der Waals surface area contributed by atoms with E-state index in [0.29, 0.717) is 21.6 Å². The maximum Gasteiger partial charge on any atom is 0.251 e. The van der Waals surface area contributed by atoms with Crippen LogP contribution < -0.4 is 10.2 Å². The van der Waals surface area contributed by atoms with Gasteiger partial charge in [0.2, 0.25) is 0 Å². The molecule has 146 valence electrons. The predicted octanol–water partition coefficient (Wildman–Crippen LogP) is 4.80. The van der Waals surface area contributed by atoms with Gasteiger partial charge in [-0.3, -0.25) is 4.79 Å². The van der Waals surface area contributed by atoms with Gasteiger partial charge in [0.1, 0.15) is 11.0 Å². The molecule has 0 fully saturated rings. The summed E-state index contributed by atoms with van der Waals surface area (Å²) in [5, 5.41) is 4.08. The number of nitrogens with zero attached hydrogens (tertiary/aromatic N) is 3. The van der Waals surface area contributed by atoms with Gasteiger partial charge in [-0.1, -0.05) is 42.4 Å². The van der Waals surface area contributed by atoms with Crippen LogP contribution in [0.1, 0.15) is 50.0 Å². The Morgan fingerprint density at radius 3 is 2.44 bits per heavy atom. The zero-order valence-corrected chi connectivity index (χ0v) is 17.9. The summed E-state index contributed by atoms with van der Waals surface area (Å²) >= 11 is 7.70. The van der Waals surface area contributed by atoms with Gasteiger partial charge in [0.15, 0.2) is 5.16 Å². The second kappa shape index (κ2) is 10.5. The maximum absolute atomic E-state index is 12.1. The molecule has 1 atom stereocenters. The fraction of sp³-hybridized carbons (Fsp3) is 0.450. The molecular formula is C20H27ClN4OS. The van der Waals surface area contributed by atoms with Crippen molar-refractivity contribution in [3.63, 3.8) is 0 Å². The number of hydrogen-bond donors (Lipinski definition) is 1. The summed E-state index contributed by atoms with van der Waals surface area (Å²) in [6, 6.07) is 9.61. The van der Waals surface area contributed by atoms with Crippen LogP contribution in [-0.2, 0) is 5.75 Å². The Morgan fingerprint density at radius 1 is 1.19 bits per heavy atom. The Kier molecular flexibility index (Phi) is 8.38. The van der Waals surface area contributed by atoms with Crippen molar-refractivity contribution >= 4 is 35.1 Å². The molecule has 0 saturated carbocycles. The molecule has 5 nitrogen and oxygen atoms in total. The number of rotatable bonds is 9. The molecule has 0 aliphatic heterocycles. The van der Waals surface area contributed by atoms with E-state index in [0.717, 1.165) is 30.9 Å². The average Bonchev–Trinajstić information content (AvgIpc) is 2.67. The molecule has 0 unspecified atom stereocenters. The van der Waals surface area contributed by atoms with Crippen LogP contribution in [0.15, 0.2) is 35.5 Å². The summed E-state index contributed by atoms with van der Waals surface area (Å²) in [6.45, 7) is 9.97. The first-order chi connectivity index (χ1) is 13.0. The average molecular weight is 407 g/mol. The number of anilines is 1. The lowest BCUT2D eigenvalue weighted by molar-refractivity contribution is 0.0939. The Bertz CT molecular complexity index is 750. The van der Waals surface area contributed by atoms with Gasteiger partial charge in [0.05, 0.1) is 0 Å². The Morgan fingerprint density at radius 2 is 1.85 bits per heavy atom. The Hall–Kier alpha value is -1.79. The highest BCUT2D eigenvalue weighted by Crippen LogP contribution is 2.24. The highest BCUT2D eigenvalue weighted by molar-refractivity contribution is 7.98. The van der Waals surface area contributed by atoms with Crippen molar-refractivity contribution in [3.05, 3.63) is 46.6 Å². The third-order valence-electron chi connectivity index (χ3n) is 4.32. The molecule has 2 aromatic rings. The molecule has 1 aromatic heterocycles. The third kappa shape index (κ3) is 6.40. The zero-order valence-electron chi connectivity index (χ0n) is 16.3. The molecule has 2 rings (SSSR count). The fourth-order valence-corrected chi connectivity index (χ4v) is 3.51. The van der Waals surface area contributed by atoms with Gasteiger partial charge < -0.3 is 10.2 Å². The minimum Gasteiger partial charge on any atom is -0.357 e. The van der Waals surface area contributed by atoms with Gasteiger partial charge in [0, 0.05) is 36.5 Å². The van der Waals surface area contributed by atoms with Gasteiger partial charge in [-0.05, 0) is 44.9 Å². The number of carbonyl (C=O) groups excluding carboxylic acids is 1. The van der Waals surface area contributed by atoms with E-state index >= 15 is 0 Å². The van der Waals surface area contributed by atoms with Crippen LogP contribution in [-0.4, -0.2) is 35.0 Å². The summed E-state index contributed by atoms with van der Waals surface area (Å²) in [5.74, 6) is 1.52. The van der Waals surface area contributed by atoms with Crippen LogP contribution in [0.4, 0.5) is 5.82 Å². The highest BCUT2D eigenvalue weighted by Gasteiger charge is 2.10. The minimum absolute atomic E-state index is 0.0365. The van der Waals surface area contributed by atoms with Crippen molar-refractivity contribution in [2.24, 2.45) is 0 Å². The zero-order chi connectivity index (χ0) is 19.8. The fourth-order valence-electron chi connectivity index (χ4n) is 2.47. The first-order valence-electron chi connectivity index (χ1n) is 9.28. The smallest absolute Gasteiger partial charge is 0.251 e. The second-order valence-corrected chi connectivity index (χ2v) is 7.60. The third-order valence-corrected chi connectivity index (χ3v) is 5.43. The van der Waals surface area contributed by atoms with Crippen molar-refractivity contribution in [2.45, 2.75) is 51.1 Å². The first-order valence-corrected chi connectivity index (χ1v) is 10.6. The van der Waals surface area contributed by atoms with Gasteiger partial charge in [0.25, 0.3) is 5.91 Å². The second-order valence-electron chi connectivity index (χ2n) is 6.27. The SMILES string of the molecule is CC[C@@H](C)NC(=O)c1ccc(CSc2nc(Cl)cc(N(CC)CC)n2)cc1. The maximum atomic E-state index is 12.1. The molecule has 0 radical (unpaired) electrons. The summed E-state index contributed by atoms with van der Waals surface area (Å²) in [4.78, 5) is 23.2. The number of thioether (sulfide) groups is 1. The molecule has 1 heterocycles. The molecule has 0 spiro atoms. The van der Waals surface area contributed by atoms with Crippen molar-refractivity contribution in [2.75, 3.05) is 18.0 Å². The lowest BCUT2D eigenvalue weighted by Gasteiger charge is -2.20. The Balaban J connectivity index is 2.01. The molecule has 0 aliphatic rings. The van der Waals surface area contributed by atoms with Crippen LogP contribution >= 0.6 is 23.4 Å². The molecule has 0 saturated heterocycles. The van der Waals surface area contributed by atoms with E-state index in [1.54, 1.807) is 6.07 Å². The van der Waals surface area contributed by atoms with Gasteiger partial charge in [-0.25, -0.2) is 9.97 Å². The number of benzene rings is 1. The summed E-state index contributed by atoms with van der Waals surface area (Å²) in [6.07, 6.45) is 0.912. The molecule has 1 N–H and O–H groups in total. The number of hydrogen-bond acceptors (Lipinski definition) is 5. The monoisotopic (exact) mass is 406 g/mol. The van der Waals surface area contributed by atoms with Crippen LogP contribution in [0.3, 0.4) is 0 Å². The van der Waals surface area contributed by atoms with Crippen molar-refractivity contribution in [1.29, 1.82) is 0 Å². The number of carbonyl (C=O) groups is 1. The van der Waals surface area contributed by atoms with E-state index in [1.165, 1.54) is 11.8 Å². The van der Waals surface area contributed by atoms with Crippen molar-refractivity contribution in [3.8, 4) is 0 Å². The molecule has 7 heteroatoms. The van der Waals surface area contributed by atoms with E-state index in [4.69, 9.17) is 11.6 Å². The normalized spacial score (nSPS) is 11.9. The number of nitrogens with one attached hydrogen (secondary N) is 1. The molecule has 27 heavy (non-hydrogen) atoms. The molecular weight excluding hydrogens is 380 g/mol. The minimum atomic E-state index is -0.0365. The van der Waals surface area contributed by atoms with E-state index in [9.17, 15) is 4.79 Å². The van der Waals surface area contributed by atoms with E-state index in [-0.39, 0.29) is 11.9 Å². The van der Waals surface area contributed by atoms with E-state index in [2.05, 4.69) is 41.0 Å². The first kappa shape index (κ1) is 21.5. The number of halogens is 1. The summed E-state index contributed by atoms with van der Waals surface area (Å²) in [5.41, 5.74) is 1.78. The van der Waals surface area contributed by atoms with Crippen molar-refractivity contribution in [1.82, 2.24) is 15.3 Å². The molecule has 1 aromatic carbocycles. The highest BCUT2D eigenvalue weighted by atomic mass is 35.5. The van der Waals surface area contributed by atoms with Crippen LogP contribution in [0, 0.1) is 0 Å². The van der Waals surface area contributed by atoms with Gasteiger partial charge in [-0.2, -0.15) is 0 Å². The summed E-state index contributed by atoms with van der Waals surface area (Å²) in [7, 11) is 0. The predicted molar refractivity (Wildman–Crippen MR) is 114 cm³/mol. The van der Waals surface area contributed by atoms with E-state index < -0.39 is 0 Å². The van der Waals surface area contributed by atoms with Crippen LogP contribution in [0.2, 0.25) is 5.15 Å². The number of amides is 1. The summed E-state index contributed by atoms with van der Waals surface area (Å²) < 4.78 is 0.